The summed E-state index contributed by atoms with van der Waals surface area (Å²) in [5.41, 5.74) is 7.94. The Morgan fingerprint density at radius 1 is 1.05 bits per heavy atom. The van der Waals surface area contributed by atoms with Gasteiger partial charge in [0.05, 0.1) is 18.0 Å². The quantitative estimate of drug-likeness (QED) is 0.146. The van der Waals surface area contributed by atoms with Crippen molar-refractivity contribution in [2.45, 2.75) is 17.1 Å². The van der Waals surface area contributed by atoms with Crippen LogP contribution in [0.25, 0.3) is 0 Å². The van der Waals surface area contributed by atoms with Gasteiger partial charge < -0.3 is 30.4 Å². The fourth-order valence-electron chi connectivity index (χ4n) is 3.48. The second kappa shape index (κ2) is 14.7. The van der Waals surface area contributed by atoms with E-state index in [4.69, 9.17) is 25.1 Å². The number of aliphatic hydroxyl groups excluding tert-OH is 1. The summed E-state index contributed by atoms with van der Waals surface area (Å²) in [4.78, 5) is 26.5. The van der Waals surface area contributed by atoms with E-state index in [0.29, 0.717) is 28.4 Å². The number of carbonyl (C=O) groups excluding carboxylic acids is 2. The number of nitrogen functional groups attached to an aromatic ring is 1. The van der Waals surface area contributed by atoms with Crippen molar-refractivity contribution in [1.82, 2.24) is 0 Å². The third-order valence-electron chi connectivity index (χ3n) is 5.34. The van der Waals surface area contributed by atoms with Gasteiger partial charge in [0, 0.05) is 23.8 Å². The maximum Gasteiger partial charge on any atom is 0.412 e. The van der Waals surface area contributed by atoms with E-state index in [0.717, 1.165) is 4.90 Å². The first-order chi connectivity index (χ1) is 18.4. The number of rotatable bonds is 12. The molecule has 0 unspecified atom stereocenters. The summed E-state index contributed by atoms with van der Waals surface area (Å²) in [6.45, 7) is -0.0374. The number of ether oxygens (including phenoxy) is 3. The minimum absolute atomic E-state index is 0.109. The zero-order valence-corrected chi connectivity index (χ0v) is 21.9. The predicted octanol–water partition coefficient (Wildman–Crippen LogP) is 4.86. The summed E-state index contributed by atoms with van der Waals surface area (Å²) in [5, 5.41) is 14.5. The maximum absolute atomic E-state index is 12.9. The van der Waals surface area contributed by atoms with Crippen molar-refractivity contribution < 1.29 is 28.9 Å². The van der Waals surface area contributed by atoms with Gasteiger partial charge in [-0.05, 0) is 66.4 Å². The molecule has 3 rings (SSSR count). The van der Waals surface area contributed by atoms with Gasteiger partial charge in [0.2, 0.25) is 5.91 Å². The van der Waals surface area contributed by atoms with Crippen LogP contribution in [-0.2, 0) is 14.3 Å². The lowest BCUT2D eigenvalue weighted by atomic mass is 10.0. The Bertz CT molecular complexity index is 1240. The fraction of sp³-hybridized carbons (Fsp3) is 0.214. The summed E-state index contributed by atoms with van der Waals surface area (Å²) in [6.07, 6.45) is 2.29. The van der Waals surface area contributed by atoms with Crippen LogP contribution in [-0.4, -0.2) is 49.8 Å². The zero-order chi connectivity index (χ0) is 27.3. The molecule has 0 aliphatic heterocycles. The summed E-state index contributed by atoms with van der Waals surface area (Å²) in [6, 6.07) is 21.1. The van der Waals surface area contributed by atoms with Crippen LogP contribution in [0.4, 0.5) is 21.9 Å². The first kappa shape index (κ1) is 28.6. The van der Waals surface area contributed by atoms with Crippen molar-refractivity contribution in [2.75, 3.05) is 42.9 Å². The van der Waals surface area contributed by atoms with Crippen LogP contribution in [0.2, 0.25) is 0 Å². The molecule has 200 valence electrons. The topological polar surface area (TPSA) is 132 Å². The summed E-state index contributed by atoms with van der Waals surface area (Å²) in [7, 11) is 1.45. The Labute approximate surface area is 226 Å². The summed E-state index contributed by atoms with van der Waals surface area (Å²) in [5.74, 6) is 0.0522. The van der Waals surface area contributed by atoms with E-state index in [2.05, 4.69) is 10.6 Å². The smallest absolute Gasteiger partial charge is 0.412 e. The Morgan fingerprint density at radius 3 is 2.50 bits per heavy atom. The van der Waals surface area contributed by atoms with Gasteiger partial charge in [-0.3, -0.25) is 10.1 Å². The molecule has 0 aromatic heterocycles. The first-order valence-corrected chi connectivity index (χ1v) is 13.0. The van der Waals surface area contributed by atoms with Crippen LogP contribution in [0.5, 0.6) is 5.75 Å². The molecule has 2 atom stereocenters. The number of hydrogen-bond donors (Lipinski definition) is 4. The number of nitrogens with one attached hydrogen (secondary N) is 2. The van der Waals surface area contributed by atoms with Gasteiger partial charge >= 0.3 is 6.09 Å². The molecule has 10 heteroatoms. The molecular formula is C28H31N3O6S. The van der Waals surface area contributed by atoms with Gasteiger partial charge in [-0.25, -0.2) is 4.79 Å². The van der Waals surface area contributed by atoms with E-state index in [9.17, 15) is 9.59 Å². The maximum atomic E-state index is 12.9. The van der Waals surface area contributed by atoms with Crippen molar-refractivity contribution >= 4 is 40.8 Å². The molecule has 2 amide bonds. The number of nitrogens with two attached hydrogens (primary N) is 1. The molecule has 0 aliphatic rings. The minimum Gasteiger partial charge on any atom is -0.491 e. The number of aliphatic hydroxyl groups is 1. The molecule has 0 saturated carbocycles. The lowest BCUT2D eigenvalue weighted by Crippen LogP contribution is -2.27. The van der Waals surface area contributed by atoms with Crippen molar-refractivity contribution in [3.8, 4) is 5.75 Å². The van der Waals surface area contributed by atoms with Crippen LogP contribution < -0.4 is 21.1 Å². The molecule has 0 saturated heterocycles. The average molecular weight is 538 g/mol. The minimum atomic E-state index is -0.936. The molecule has 0 aliphatic carbocycles. The highest BCUT2D eigenvalue weighted by molar-refractivity contribution is 7.98. The number of methoxy groups -OCH3 is 1. The van der Waals surface area contributed by atoms with Crippen molar-refractivity contribution in [3.05, 3.63) is 90.5 Å². The largest absolute Gasteiger partial charge is 0.491 e. The molecule has 0 spiro atoms. The molecule has 0 fully saturated rings. The van der Waals surface area contributed by atoms with Crippen LogP contribution in [0.3, 0.4) is 0 Å². The number of carbonyl (C=O) groups is 2. The normalized spacial score (nSPS) is 12.5. The number of anilines is 3. The highest BCUT2D eigenvalue weighted by Crippen LogP contribution is 2.28. The highest BCUT2D eigenvalue weighted by Gasteiger charge is 2.26. The molecule has 5 N–H and O–H groups in total. The van der Waals surface area contributed by atoms with E-state index < -0.39 is 24.2 Å². The Balaban J connectivity index is 1.81. The third-order valence-corrected chi connectivity index (χ3v) is 6.09. The second-order valence-corrected chi connectivity index (χ2v) is 8.84. The third kappa shape index (κ3) is 8.55. The monoisotopic (exact) mass is 537 g/mol. The Kier molecular flexibility index (Phi) is 11.0. The van der Waals surface area contributed by atoms with Gasteiger partial charge in [0.15, 0.2) is 6.10 Å². The van der Waals surface area contributed by atoms with Crippen LogP contribution >= 0.6 is 11.8 Å². The van der Waals surface area contributed by atoms with Gasteiger partial charge in [-0.2, -0.15) is 0 Å². The van der Waals surface area contributed by atoms with Crippen LogP contribution in [0.15, 0.2) is 89.8 Å². The highest BCUT2D eigenvalue weighted by atomic mass is 32.2. The van der Waals surface area contributed by atoms with Gasteiger partial charge in [-0.1, -0.05) is 24.3 Å². The van der Waals surface area contributed by atoms with E-state index >= 15 is 0 Å². The number of amides is 2. The van der Waals surface area contributed by atoms with E-state index in [-0.39, 0.29) is 13.2 Å². The fourth-order valence-corrected chi connectivity index (χ4v) is 3.89. The molecule has 38 heavy (non-hydrogen) atoms. The summed E-state index contributed by atoms with van der Waals surface area (Å²) >= 11 is 1.59. The van der Waals surface area contributed by atoms with Gasteiger partial charge in [-0.15, -0.1) is 11.8 Å². The second-order valence-electron chi connectivity index (χ2n) is 7.96. The molecule has 0 bridgehead atoms. The molecule has 0 radical (unpaired) electrons. The van der Waals surface area contributed by atoms with E-state index in [1.807, 2.05) is 18.4 Å². The number of benzene rings is 3. The molecule has 3 aromatic rings. The number of thioether (sulfide) groups is 1. The Hall–Kier alpha value is -3.99. The SMILES string of the molecule is CO[C@@H](/C=C/C(=O)Nc1ccccc1N)[C@@H](OC(=O)Nc1ccc(SC)cc1)c1cccc(OCCO)c1. The van der Waals surface area contributed by atoms with Crippen molar-refractivity contribution in [1.29, 1.82) is 0 Å². The lowest BCUT2D eigenvalue weighted by molar-refractivity contribution is -0.112. The van der Waals surface area contributed by atoms with E-state index in [1.165, 1.54) is 19.3 Å². The molecule has 0 heterocycles. The predicted molar refractivity (Wildman–Crippen MR) is 150 cm³/mol. The average Bonchev–Trinajstić information content (AvgIpc) is 2.93. The van der Waals surface area contributed by atoms with Gasteiger partial charge in [0.1, 0.15) is 18.5 Å². The van der Waals surface area contributed by atoms with Crippen molar-refractivity contribution in [3.63, 3.8) is 0 Å². The molecular weight excluding hydrogens is 506 g/mol. The van der Waals surface area contributed by atoms with Crippen molar-refractivity contribution in [2.24, 2.45) is 0 Å². The lowest BCUT2D eigenvalue weighted by Gasteiger charge is -2.25. The zero-order valence-electron chi connectivity index (χ0n) is 21.1. The summed E-state index contributed by atoms with van der Waals surface area (Å²) < 4.78 is 16.9. The first-order valence-electron chi connectivity index (χ1n) is 11.7. The van der Waals surface area contributed by atoms with Crippen LogP contribution in [0.1, 0.15) is 11.7 Å². The van der Waals surface area contributed by atoms with Crippen LogP contribution in [0, 0.1) is 0 Å². The van der Waals surface area contributed by atoms with E-state index in [1.54, 1.807) is 72.4 Å². The molecule has 9 nitrogen and oxygen atoms in total. The number of hydrogen-bond acceptors (Lipinski definition) is 8. The molecule has 3 aromatic carbocycles. The number of para-hydroxylation sites is 2. The Morgan fingerprint density at radius 2 is 1.82 bits per heavy atom. The standard InChI is InChI=1S/C28H31N3O6S/c1-35-25(14-15-26(33)31-24-9-4-3-8-23(24)29)27(19-6-5-7-21(18-19)36-17-16-32)37-28(34)30-20-10-12-22(38-2)13-11-20/h3-15,18,25,27,32H,16-17,29H2,1-2H3,(H,30,34)(H,31,33)/b15-14+/t25-,27-/m0/s1. The van der Waals surface area contributed by atoms with Gasteiger partial charge in [0.25, 0.3) is 0 Å².